The number of carbonyl (C=O) groups excluding carboxylic acids is 1. The predicted octanol–water partition coefficient (Wildman–Crippen LogP) is 3.24. The lowest BCUT2D eigenvalue weighted by Gasteiger charge is -2.35. The zero-order valence-electron chi connectivity index (χ0n) is 13.5. The Kier molecular flexibility index (Phi) is 5.79. The second-order valence-electron chi connectivity index (χ2n) is 6.08. The summed E-state index contributed by atoms with van der Waals surface area (Å²) >= 11 is 5.96. The van der Waals surface area contributed by atoms with Crippen LogP contribution in [0.2, 0.25) is 5.02 Å². The average Bonchev–Trinajstić information content (AvgIpc) is 2.52. The number of aromatic nitrogens is 1. The Morgan fingerprint density at radius 2 is 1.96 bits per heavy atom. The van der Waals surface area contributed by atoms with Crippen molar-refractivity contribution in [2.45, 2.75) is 20.0 Å². The lowest BCUT2D eigenvalue weighted by molar-refractivity contribution is -0.137. The second kappa shape index (κ2) is 7.46. The molecule has 1 aliphatic rings. The first-order valence-electron chi connectivity index (χ1n) is 7.69. The third kappa shape index (κ3) is 4.66. The number of urea groups is 1. The van der Waals surface area contributed by atoms with Crippen molar-refractivity contribution in [2.24, 2.45) is 5.92 Å². The summed E-state index contributed by atoms with van der Waals surface area (Å²) in [5.74, 6) is 0.678. The Balaban J connectivity index is 1.96. The molecule has 9 heteroatoms. The van der Waals surface area contributed by atoms with Crippen molar-refractivity contribution in [1.82, 2.24) is 15.2 Å². The van der Waals surface area contributed by atoms with E-state index in [9.17, 15) is 18.0 Å². The van der Waals surface area contributed by atoms with Crippen LogP contribution >= 0.6 is 11.6 Å². The topological polar surface area (TPSA) is 48.5 Å². The number of anilines is 1. The minimum Gasteiger partial charge on any atom is -0.352 e. The average molecular weight is 365 g/mol. The first-order valence-corrected chi connectivity index (χ1v) is 8.06. The van der Waals surface area contributed by atoms with Gasteiger partial charge < -0.3 is 15.1 Å². The number of alkyl halides is 3. The molecule has 0 spiro atoms. The quantitative estimate of drug-likeness (QED) is 0.895. The van der Waals surface area contributed by atoms with Gasteiger partial charge in [0.1, 0.15) is 5.82 Å². The second-order valence-corrected chi connectivity index (χ2v) is 6.49. The first-order chi connectivity index (χ1) is 11.2. The summed E-state index contributed by atoms with van der Waals surface area (Å²) in [5.41, 5.74) is -0.872. The van der Waals surface area contributed by atoms with E-state index in [1.165, 1.54) is 0 Å². The zero-order chi connectivity index (χ0) is 17.9. The SMILES string of the molecule is CC(C)CNC(=O)N1CCN(c2ncc(C(F)(F)F)cc2Cl)CC1. The fourth-order valence-corrected chi connectivity index (χ4v) is 2.63. The molecule has 1 fully saturated rings. The van der Waals surface area contributed by atoms with Crippen LogP contribution < -0.4 is 10.2 Å². The van der Waals surface area contributed by atoms with E-state index in [0.29, 0.717) is 44.5 Å². The molecule has 2 heterocycles. The molecule has 0 saturated carbocycles. The Hall–Kier alpha value is -1.70. The molecule has 0 unspecified atom stereocenters. The number of rotatable bonds is 3. The number of pyridine rings is 1. The highest BCUT2D eigenvalue weighted by Crippen LogP contribution is 2.33. The molecule has 2 rings (SSSR count). The van der Waals surface area contributed by atoms with Crippen LogP contribution in [0.3, 0.4) is 0 Å². The van der Waals surface area contributed by atoms with E-state index in [4.69, 9.17) is 11.6 Å². The molecule has 1 aromatic heterocycles. The number of hydrogen-bond acceptors (Lipinski definition) is 3. The normalized spacial score (nSPS) is 15.8. The van der Waals surface area contributed by atoms with E-state index in [2.05, 4.69) is 10.3 Å². The number of carbonyl (C=O) groups is 1. The molecule has 1 aliphatic heterocycles. The standard InChI is InChI=1S/C15H20ClF3N4O/c1-10(2)8-21-14(24)23-5-3-22(4-6-23)13-12(16)7-11(9-20-13)15(17,18)19/h7,9-10H,3-6,8H2,1-2H3,(H,21,24). The van der Waals surface area contributed by atoms with Gasteiger partial charge in [-0.25, -0.2) is 9.78 Å². The fourth-order valence-electron chi connectivity index (χ4n) is 2.34. The van der Waals surface area contributed by atoms with Crippen LogP contribution in [0.25, 0.3) is 0 Å². The van der Waals surface area contributed by atoms with Crippen LogP contribution in [0.5, 0.6) is 0 Å². The molecule has 5 nitrogen and oxygen atoms in total. The Morgan fingerprint density at radius 1 is 1.33 bits per heavy atom. The summed E-state index contributed by atoms with van der Waals surface area (Å²) in [6.07, 6.45) is -3.69. The van der Waals surface area contributed by atoms with E-state index in [1.54, 1.807) is 9.80 Å². The maximum absolute atomic E-state index is 12.6. The van der Waals surface area contributed by atoms with E-state index in [-0.39, 0.29) is 11.1 Å². The molecule has 1 aromatic rings. The molecular weight excluding hydrogens is 345 g/mol. The number of piperazine rings is 1. The van der Waals surface area contributed by atoms with Gasteiger partial charge in [0.2, 0.25) is 0 Å². The Bertz CT molecular complexity index is 587. The fraction of sp³-hybridized carbons (Fsp3) is 0.600. The summed E-state index contributed by atoms with van der Waals surface area (Å²) in [6.45, 7) is 6.48. The largest absolute Gasteiger partial charge is 0.417 e. The van der Waals surface area contributed by atoms with Crippen molar-refractivity contribution in [3.63, 3.8) is 0 Å². The van der Waals surface area contributed by atoms with Crippen LogP contribution in [-0.2, 0) is 6.18 Å². The number of nitrogens with one attached hydrogen (secondary N) is 1. The molecule has 1 saturated heterocycles. The van der Waals surface area contributed by atoms with Crippen molar-refractivity contribution in [3.05, 3.63) is 22.8 Å². The van der Waals surface area contributed by atoms with Gasteiger partial charge in [0.05, 0.1) is 10.6 Å². The van der Waals surface area contributed by atoms with Crippen LogP contribution in [0.4, 0.5) is 23.8 Å². The van der Waals surface area contributed by atoms with Crippen LogP contribution in [0, 0.1) is 5.92 Å². The first kappa shape index (κ1) is 18.6. The van der Waals surface area contributed by atoms with Crippen molar-refractivity contribution < 1.29 is 18.0 Å². The zero-order valence-corrected chi connectivity index (χ0v) is 14.3. The van der Waals surface area contributed by atoms with Gasteiger partial charge in [-0.05, 0) is 12.0 Å². The summed E-state index contributed by atoms with van der Waals surface area (Å²) < 4.78 is 37.9. The highest BCUT2D eigenvalue weighted by molar-refractivity contribution is 6.33. The van der Waals surface area contributed by atoms with Gasteiger partial charge in [-0.3, -0.25) is 0 Å². The summed E-state index contributed by atoms with van der Waals surface area (Å²) in [6, 6.07) is 0.751. The van der Waals surface area contributed by atoms with E-state index < -0.39 is 11.7 Å². The highest BCUT2D eigenvalue weighted by Gasteiger charge is 2.32. The van der Waals surface area contributed by atoms with Gasteiger partial charge >= 0.3 is 12.2 Å². The number of hydrogen-bond donors (Lipinski definition) is 1. The Morgan fingerprint density at radius 3 is 2.46 bits per heavy atom. The molecule has 134 valence electrons. The molecule has 0 atom stereocenters. The molecule has 0 aliphatic carbocycles. The van der Waals surface area contributed by atoms with E-state index in [1.807, 2.05) is 13.8 Å². The van der Waals surface area contributed by atoms with Gasteiger partial charge in [0.15, 0.2) is 0 Å². The Labute approximate surface area is 143 Å². The maximum atomic E-state index is 12.6. The third-order valence-electron chi connectivity index (χ3n) is 3.68. The van der Waals surface area contributed by atoms with Crippen molar-refractivity contribution in [2.75, 3.05) is 37.6 Å². The van der Waals surface area contributed by atoms with E-state index >= 15 is 0 Å². The summed E-state index contributed by atoms with van der Waals surface area (Å²) in [4.78, 5) is 19.3. The summed E-state index contributed by atoms with van der Waals surface area (Å²) in [5, 5.41) is 2.80. The minimum absolute atomic E-state index is 0.0393. The van der Waals surface area contributed by atoms with Crippen molar-refractivity contribution in [3.8, 4) is 0 Å². The molecule has 0 bridgehead atoms. The lowest BCUT2D eigenvalue weighted by atomic mass is 10.2. The van der Waals surface area contributed by atoms with Gasteiger partial charge in [-0.15, -0.1) is 0 Å². The molecule has 2 amide bonds. The highest BCUT2D eigenvalue weighted by atomic mass is 35.5. The van der Waals surface area contributed by atoms with Crippen LogP contribution in [0.1, 0.15) is 19.4 Å². The predicted molar refractivity (Wildman–Crippen MR) is 86.3 cm³/mol. The summed E-state index contributed by atoms with van der Waals surface area (Å²) in [7, 11) is 0. The minimum atomic E-state index is -4.47. The number of amides is 2. The maximum Gasteiger partial charge on any atom is 0.417 e. The number of nitrogens with zero attached hydrogens (tertiary/aromatic N) is 3. The molecule has 1 N–H and O–H groups in total. The van der Waals surface area contributed by atoms with Crippen molar-refractivity contribution in [1.29, 1.82) is 0 Å². The van der Waals surface area contributed by atoms with Crippen LogP contribution in [-0.4, -0.2) is 48.6 Å². The molecular formula is C15H20ClF3N4O. The molecule has 0 aromatic carbocycles. The monoisotopic (exact) mass is 364 g/mol. The third-order valence-corrected chi connectivity index (χ3v) is 3.96. The van der Waals surface area contributed by atoms with Gasteiger partial charge in [0, 0.05) is 38.9 Å². The smallest absolute Gasteiger partial charge is 0.352 e. The van der Waals surface area contributed by atoms with Crippen LogP contribution in [0.15, 0.2) is 12.3 Å². The molecule has 24 heavy (non-hydrogen) atoms. The van der Waals surface area contributed by atoms with Gasteiger partial charge in [-0.1, -0.05) is 25.4 Å². The molecule has 0 radical (unpaired) electrons. The van der Waals surface area contributed by atoms with Crippen molar-refractivity contribution >= 4 is 23.4 Å². The lowest BCUT2D eigenvalue weighted by Crippen LogP contribution is -2.52. The number of halogens is 4. The van der Waals surface area contributed by atoms with E-state index in [0.717, 1.165) is 12.3 Å². The van der Waals surface area contributed by atoms with Gasteiger partial charge in [0.25, 0.3) is 0 Å². The van der Waals surface area contributed by atoms with Gasteiger partial charge in [-0.2, -0.15) is 13.2 Å².